The van der Waals surface area contributed by atoms with Crippen molar-refractivity contribution in [3.8, 4) is 0 Å². The van der Waals surface area contributed by atoms with Crippen LogP contribution < -0.4 is 10.2 Å². The topological polar surface area (TPSA) is 99.8 Å². The van der Waals surface area contributed by atoms with Crippen LogP contribution in [0.4, 0.5) is 11.6 Å². The highest BCUT2D eigenvalue weighted by atomic mass is 16.4. The van der Waals surface area contributed by atoms with E-state index in [1.165, 1.54) is 10.6 Å². The van der Waals surface area contributed by atoms with Gasteiger partial charge in [-0.25, -0.2) is 9.31 Å². The van der Waals surface area contributed by atoms with Gasteiger partial charge in [0.25, 0.3) is 0 Å². The molecule has 0 spiro atoms. The van der Waals surface area contributed by atoms with E-state index in [1.807, 2.05) is 44.2 Å². The summed E-state index contributed by atoms with van der Waals surface area (Å²) in [6.07, 6.45) is 1.57. The maximum Gasteiger partial charge on any atom is 0.338 e. The lowest BCUT2D eigenvalue weighted by Gasteiger charge is -2.23. The number of carboxylic acid groups (broad SMARTS) is 1. The van der Waals surface area contributed by atoms with Crippen molar-refractivity contribution in [3.05, 3.63) is 53.7 Å². The molecule has 2 heterocycles. The van der Waals surface area contributed by atoms with Crippen LogP contribution >= 0.6 is 0 Å². The summed E-state index contributed by atoms with van der Waals surface area (Å²) in [5, 5.41) is 16.4. The van der Waals surface area contributed by atoms with Crippen LogP contribution in [-0.2, 0) is 10.2 Å². The maximum absolute atomic E-state index is 12.8. The van der Waals surface area contributed by atoms with Crippen molar-refractivity contribution >= 4 is 29.2 Å². The Hall–Kier alpha value is -3.42. The third kappa shape index (κ3) is 3.46. The number of nitrogens with zero attached hydrogens (tertiary/aromatic N) is 4. The summed E-state index contributed by atoms with van der Waals surface area (Å²) in [4.78, 5) is 30.2. The van der Waals surface area contributed by atoms with Crippen molar-refractivity contribution in [2.75, 3.05) is 24.3 Å². The van der Waals surface area contributed by atoms with Crippen molar-refractivity contribution in [3.63, 3.8) is 0 Å². The average molecular weight is 367 g/mol. The van der Waals surface area contributed by atoms with E-state index >= 15 is 0 Å². The Morgan fingerprint density at radius 1 is 1.19 bits per heavy atom. The number of hydrogen-bond donors (Lipinski definition) is 2. The first kappa shape index (κ1) is 18.4. The molecule has 0 aliphatic carbocycles. The van der Waals surface area contributed by atoms with E-state index in [9.17, 15) is 14.7 Å². The second kappa shape index (κ2) is 6.71. The number of aromatic nitrogens is 3. The van der Waals surface area contributed by atoms with Crippen molar-refractivity contribution < 1.29 is 14.7 Å². The van der Waals surface area contributed by atoms with Gasteiger partial charge in [-0.3, -0.25) is 10.1 Å². The first-order valence-corrected chi connectivity index (χ1v) is 8.38. The van der Waals surface area contributed by atoms with Crippen molar-refractivity contribution in [1.29, 1.82) is 0 Å². The molecule has 27 heavy (non-hydrogen) atoms. The van der Waals surface area contributed by atoms with E-state index in [4.69, 9.17) is 0 Å². The highest BCUT2D eigenvalue weighted by Crippen LogP contribution is 2.25. The molecule has 140 valence electrons. The van der Waals surface area contributed by atoms with Gasteiger partial charge in [-0.1, -0.05) is 30.3 Å². The molecule has 0 aliphatic rings. The summed E-state index contributed by atoms with van der Waals surface area (Å²) in [6, 6.07) is 10.9. The SMILES string of the molecule is CN(C)c1cn2nc(NC(=O)C(C)(C)c3ccccc3)nc2cc1C(=O)O. The summed E-state index contributed by atoms with van der Waals surface area (Å²) in [5.41, 5.74) is 1.03. The van der Waals surface area contributed by atoms with Gasteiger partial charge in [0.2, 0.25) is 11.9 Å². The molecule has 8 heteroatoms. The van der Waals surface area contributed by atoms with Gasteiger partial charge >= 0.3 is 5.97 Å². The van der Waals surface area contributed by atoms with E-state index in [0.717, 1.165) is 5.56 Å². The fraction of sp³-hybridized carbons (Fsp3) is 0.263. The van der Waals surface area contributed by atoms with Crippen LogP contribution in [0.3, 0.4) is 0 Å². The number of carbonyl (C=O) groups excluding carboxylic acids is 1. The molecular formula is C19H21N5O3. The lowest BCUT2D eigenvalue weighted by atomic mass is 9.84. The van der Waals surface area contributed by atoms with Crippen LogP contribution in [0.25, 0.3) is 5.65 Å². The molecule has 0 saturated heterocycles. The normalized spacial score (nSPS) is 11.4. The van der Waals surface area contributed by atoms with E-state index in [1.54, 1.807) is 25.2 Å². The highest BCUT2D eigenvalue weighted by Gasteiger charge is 2.30. The number of fused-ring (bicyclic) bond motifs is 1. The molecule has 1 aromatic carbocycles. The fourth-order valence-electron chi connectivity index (χ4n) is 2.74. The molecular weight excluding hydrogens is 346 g/mol. The molecule has 0 fully saturated rings. The lowest BCUT2D eigenvalue weighted by molar-refractivity contribution is -0.120. The predicted molar refractivity (Wildman–Crippen MR) is 102 cm³/mol. The van der Waals surface area contributed by atoms with Crippen LogP contribution in [-0.4, -0.2) is 45.7 Å². The molecule has 2 aromatic heterocycles. The first-order valence-electron chi connectivity index (χ1n) is 8.38. The van der Waals surface area contributed by atoms with E-state index in [-0.39, 0.29) is 17.4 Å². The number of anilines is 2. The molecule has 3 aromatic rings. The number of amides is 1. The second-order valence-electron chi connectivity index (χ2n) is 6.96. The molecule has 2 N–H and O–H groups in total. The molecule has 3 rings (SSSR count). The van der Waals surface area contributed by atoms with E-state index < -0.39 is 11.4 Å². The Labute approximate surface area is 156 Å². The molecule has 0 bridgehead atoms. The Kier molecular flexibility index (Phi) is 4.57. The minimum Gasteiger partial charge on any atom is -0.478 e. The van der Waals surface area contributed by atoms with Gasteiger partial charge in [0.15, 0.2) is 5.65 Å². The Morgan fingerprint density at radius 2 is 1.85 bits per heavy atom. The zero-order chi connectivity index (χ0) is 19.8. The van der Waals surface area contributed by atoms with Gasteiger partial charge in [0, 0.05) is 14.1 Å². The molecule has 0 saturated carbocycles. The van der Waals surface area contributed by atoms with Crippen LogP contribution in [0.5, 0.6) is 0 Å². The van der Waals surface area contributed by atoms with Crippen LogP contribution in [0.15, 0.2) is 42.6 Å². The summed E-state index contributed by atoms with van der Waals surface area (Å²) in [6.45, 7) is 3.64. The van der Waals surface area contributed by atoms with Crippen LogP contribution in [0, 0.1) is 0 Å². The minimum absolute atomic E-state index is 0.113. The van der Waals surface area contributed by atoms with E-state index in [0.29, 0.717) is 11.3 Å². The second-order valence-corrected chi connectivity index (χ2v) is 6.96. The summed E-state index contributed by atoms with van der Waals surface area (Å²) in [5.74, 6) is -1.19. The number of rotatable bonds is 5. The summed E-state index contributed by atoms with van der Waals surface area (Å²) < 4.78 is 1.45. The Balaban J connectivity index is 1.94. The molecule has 0 aliphatic heterocycles. The van der Waals surface area contributed by atoms with Gasteiger partial charge in [-0.05, 0) is 25.5 Å². The predicted octanol–water partition coefficient (Wildman–Crippen LogP) is 2.41. The summed E-state index contributed by atoms with van der Waals surface area (Å²) >= 11 is 0. The van der Waals surface area contributed by atoms with Gasteiger partial charge < -0.3 is 10.0 Å². The first-order chi connectivity index (χ1) is 12.7. The molecule has 0 radical (unpaired) electrons. The zero-order valence-corrected chi connectivity index (χ0v) is 15.6. The van der Waals surface area contributed by atoms with Crippen molar-refractivity contribution in [1.82, 2.24) is 14.6 Å². The number of carbonyl (C=O) groups is 2. The fourth-order valence-corrected chi connectivity index (χ4v) is 2.74. The number of carboxylic acids is 1. The largest absolute Gasteiger partial charge is 0.478 e. The minimum atomic E-state index is -1.06. The van der Waals surface area contributed by atoms with Gasteiger partial charge in [-0.15, -0.1) is 5.10 Å². The van der Waals surface area contributed by atoms with Gasteiger partial charge in [0.1, 0.15) is 0 Å². The van der Waals surface area contributed by atoms with Crippen molar-refractivity contribution in [2.24, 2.45) is 0 Å². The average Bonchev–Trinajstić information content (AvgIpc) is 3.02. The molecule has 8 nitrogen and oxygen atoms in total. The number of aromatic carboxylic acids is 1. The number of hydrogen-bond acceptors (Lipinski definition) is 5. The van der Waals surface area contributed by atoms with Crippen LogP contribution in [0.1, 0.15) is 29.8 Å². The monoisotopic (exact) mass is 367 g/mol. The lowest BCUT2D eigenvalue weighted by Crippen LogP contribution is -2.35. The zero-order valence-electron chi connectivity index (χ0n) is 15.6. The highest BCUT2D eigenvalue weighted by molar-refractivity contribution is 5.98. The van der Waals surface area contributed by atoms with Crippen LogP contribution in [0.2, 0.25) is 0 Å². The Morgan fingerprint density at radius 3 is 2.44 bits per heavy atom. The quantitative estimate of drug-likeness (QED) is 0.718. The Bertz CT molecular complexity index is 1010. The van der Waals surface area contributed by atoms with Gasteiger partial charge in [0.05, 0.1) is 22.9 Å². The number of nitrogens with one attached hydrogen (secondary N) is 1. The van der Waals surface area contributed by atoms with Gasteiger partial charge in [-0.2, -0.15) is 4.98 Å². The van der Waals surface area contributed by atoms with Crippen molar-refractivity contribution in [2.45, 2.75) is 19.3 Å². The third-order valence-electron chi connectivity index (χ3n) is 4.45. The summed E-state index contributed by atoms with van der Waals surface area (Å²) in [7, 11) is 3.49. The standard InChI is InChI=1S/C19H21N5O3/c1-19(2,12-8-6-5-7-9-12)17(27)21-18-20-15-10-13(16(25)26)14(23(3)4)11-24(15)22-18/h5-11H,1-4H3,(H,25,26)(H,21,22,27). The smallest absolute Gasteiger partial charge is 0.338 e. The molecule has 0 atom stereocenters. The molecule has 0 unspecified atom stereocenters. The van der Waals surface area contributed by atoms with E-state index in [2.05, 4.69) is 15.4 Å². The number of pyridine rings is 1. The molecule has 1 amide bonds. The maximum atomic E-state index is 12.8. The third-order valence-corrected chi connectivity index (χ3v) is 4.45. The number of benzene rings is 1.